The van der Waals surface area contributed by atoms with Gasteiger partial charge in [0.1, 0.15) is 23.9 Å². The third kappa shape index (κ3) is 6.52. The zero-order valence-electron chi connectivity index (χ0n) is 20.9. The first-order chi connectivity index (χ1) is 17.6. The smallest absolute Gasteiger partial charge is 0.228 e. The van der Waals surface area contributed by atoms with Crippen LogP contribution in [0, 0.1) is 0 Å². The van der Waals surface area contributed by atoms with E-state index in [0.717, 1.165) is 59.3 Å². The highest BCUT2D eigenvalue weighted by Gasteiger charge is 2.10. The fraction of sp³-hybridized carbons (Fsp3) is 0.241. The summed E-state index contributed by atoms with van der Waals surface area (Å²) in [6, 6.07) is 24.5. The van der Waals surface area contributed by atoms with Crippen LogP contribution in [0.1, 0.15) is 13.8 Å². The predicted molar refractivity (Wildman–Crippen MR) is 144 cm³/mol. The van der Waals surface area contributed by atoms with Gasteiger partial charge in [0.2, 0.25) is 5.95 Å². The number of hydrogen-bond donors (Lipinski definition) is 2. The molecule has 0 bridgehead atoms. The van der Waals surface area contributed by atoms with Gasteiger partial charge < -0.3 is 24.8 Å². The van der Waals surface area contributed by atoms with Gasteiger partial charge in [0.05, 0.1) is 18.5 Å². The van der Waals surface area contributed by atoms with Gasteiger partial charge in [0.15, 0.2) is 0 Å². The molecule has 0 atom stereocenters. The van der Waals surface area contributed by atoms with E-state index in [-0.39, 0.29) is 5.75 Å². The van der Waals surface area contributed by atoms with Crippen molar-refractivity contribution >= 4 is 11.6 Å². The van der Waals surface area contributed by atoms with E-state index >= 15 is 0 Å². The Bertz CT molecular complexity index is 1240. The van der Waals surface area contributed by atoms with Crippen molar-refractivity contribution in [2.45, 2.75) is 13.8 Å². The Labute approximate surface area is 212 Å². The number of aromatic nitrogens is 2. The first-order valence-electron chi connectivity index (χ1n) is 12.1. The molecular weight excluding hydrogens is 452 g/mol. The van der Waals surface area contributed by atoms with Gasteiger partial charge in [-0.2, -0.15) is 0 Å². The van der Waals surface area contributed by atoms with Crippen LogP contribution in [0.2, 0.25) is 0 Å². The first-order valence-corrected chi connectivity index (χ1v) is 12.1. The lowest BCUT2D eigenvalue weighted by atomic mass is 10.1. The number of nitrogens with zero attached hydrogens (tertiary/aromatic N) is 3. The molecule has 36 heavy (non-hydrogen) atoms. The number of phenols is 1. The standard InChI is InChI=1S/C29H32N4O3/c1-4-33(5-2)18-19-36-26-16-10-23(11-17-26)30-29-31-27(21-6-12-24(34)13-7-21)20-28(32-29)22-8-14-25(35-3)15-9-22/h6-17,20,34H,4-5,18-19H2,1-3H3,(H,30,31,32). The maximum absolute atomic E-state index is 9.69. The van der Waals surface area contributed by atoms with E-state index in [1.54, 1.807) is 19.2 Å². The van der Waals surface area contributed by atoms with E-state index in [2.05, 4.69) is 24.1 Å². The highest BCUT2D eigenvalue weighted by molar-refractivity contribution is 5.71. The molecule has 7 nitrogen and oxygen atoms in total. The average molecular weight is 485 g/mol. The van der Waals surface area contributed by atoms with Crippen molar-refractivity contribution in [3.63, 3.8) is 0 Å². The molecule has 0 aliphatic rings. The summed E-state index contributed by atoms with van der Waals surface area (Å²) in [4.78, 5) is 11.8. The SMILES string of the molecule is CCN(CC)CCOc1ccc(Nc2nc(-c3ccc(O)cc3)cc(-c3ccc(OC)cc3)n2)cc1. The third-order valence-corrected chi connectivity index (χ3v) is 5.96. The molecule has 7 heteroatoms. The van der Waals surface area contributed by atoms with Gasteiger partial charge in [-0.15, -0.1) is 0 Å². The van der Waals surface area contributed by atoms with Crippen LogP contribution in [0.15, 0.2) is 78.9 Å². The van der Waals surface area contributed by atoms with Gasteiger partial charge in [-0.3, -0.25) is 0 Å². The summed E-state index contributed by atoms with van der Waals surface area (Å²) in [5, 5.41) is 13.0. The Morgan fingerprint density at radius 1 is 0.778 bits per heavy atom. The first kappa shape index (κ1) is 25.0. The highest BCUT2D eigenvalue weighted by Crippen LogP contribution is 2.29. The molecule has 0 saturated carbocycles. The molecule has 0 amide bonds. The normalized spacial score (nSPS) is 10.9. The molecule has 3 aromatic carbocycles. The molecule has 0 saturated heterocycles. The van der Waals surface area contributed by atoms with Crippen LogP contribution in [0.4, 0.5) is 11.6 Å². The van der Waals surface area contributed by atoms with Crippen molar-refractivity contribution < 1.29 is 14.6 Å². The molecular formula is C29H32N4O3. The van der Waals surface area contributed by atoms with E-state index < -0.39 is 0 Å². The van der Waals surface area contributed by atoms with E-state index in [1.165, 1.54) is 0 Å². The molecule has 0 unspecified atom stereocenters. The summed E-state index contributed by atoms with van der Waals surface area (Å²) in [7, 11) is 1.64. The van der Waals surface area contributed by atoms with Crippen molar-refractivity contribution in [1.29, 1.82) is 0 Å². The number of hydrogen-bond acceptors (Lipinski definition) is 7. The maximum Gasteiger partial charge on any atom is 0.228 e. The molecule has 0 fully saturated rings. The van der Waals surface area contributed by atoms with Crippen molar-refractivity contribution in [2.24, 2.45) is 0 Å². The van der Waals surface area contributed by atoms with Crippen LogP contribution in [0.5, 0.6) is 17.2 Å². The fourth-order valence-electron chi connectivity index (χ4n) is 3.79. The minimum atomic E-state index is 0.209. The number of rotatable bonds is 11. The zero-order valence-corrected chi connectivity index (χ0v) is 20.9. The lowest BCUT2D eigenvalue weighted by molar-refractivity contribution is 0.223. The number of phenolic OH excluding ortho intramolecular Hbond substituents is 1. The van der Waals surface area contributed by atoms with Crippen LogP contribution >= 0.6 is 0 Å². The maximum atomic E-state index is 9.69. The van der Waals surface area contributed by atoms with Crippen molar-refractivity contribution in [3.8, 4) is 39.8 Å². The highest BCUT2D eigenvalue weighted by atomic mass is 16.5. The van der Waals surface area contributed by atoms with Crippen LogP contribution in [0.3, 0.4) is 0 Å². The largest absolute Gasteiger partial charge is 0.508 e. The van der Waals surface area contributed by atoms with E-state index in [4.69, 9.17) is 19.4 Å². The van der Waals surface area contributed by atoms with E-state index in [9.17, 15) is 5.11 Å². The predicted octanol–water partition coefficient (Wildman–Crippen LogP) is 5.99. The Hall–Kier alpha value is -4.10. The summed E-state index contributed by atoms with van der Waals surface area (Å²) >= 11 is 0. The lowest BCUT2D eigenvalue weighted by Crippen LogP contribution is -2.27. The molecule has 1 aromatic heterocycles. The molecule has 186 valence electrons. The van der Waals surface area contributed by atoms with Crippen molar-refractivity contribution in [1.82, 2.24) is 14.9 Å². The summed E-state index contributed by atoms with van der Waals surface area (Å²) < 4.78 is 11.2. The minimum absolute atomic E-state index is 0.209. The zero-order chi connectivity index (χ0) is 25.3. The minimum Gasteiger partial charge on any atom is -0.508 e. The Morgan fingerprint density at radius 3 is 1.89 bits per heavy atom. The number of ether oxygens (including phenoxy) is 2. The molecule has 0 radical (unpaired) electrons. The van der Waals surface area contributed by atoms with Gasteiger partial charge in [-0.25, -0.2) is 9.97 Å². The van der Waals surface area contributed by atoms with E-state index in [0.29, 0.717) is 12.6 Å². The molecule has 1 heterocycles. The lowest BCUT2D eigenvalue weighted by Gasteiger charge is -2.18. The van der Waals surface area contributed by atoms with E-state index in [1.807, 2.05) is 66.7 Å². The molecule has 4 aromatic rings. The molecule has 2 N–H and O–H groups in total. The number of nitrogens with one attached hydrogen (secondary N) is 1. The molecule has 0 aliphatic heterocycles. The van der Waals surface area contributed by atoms with Gasteiger partial charge in [-0.1, -0.05) is 13.8 Å². The number of anilines is 2. The average Bonchev–Trinajstić information content (AvgIpc) is 2.92. The molecule has 4 rings (SSSR count). The van der Waals surface area contributed by atoms with Gasteiger partial charge in [-0.05, 0) is 92.0 Å². The second kappa shape index (κ2) is 12.0. The fourth-order valence-corrected chi connectivity index (χ4v) is 3.79. The van der Waals surface area contributed by atoms with Crippen molar-refractivity contribution in [3.05, 3.63) is 78.9 Å². The molecule has 0 spiro atoms. The van der Waals surface area contributed by atoms with Gasteiger partial charge in [0, 0.05) is 23.4 Å². The van der Waals surface area contributed by atoms with Crippen LogP contribution in [0.25, 0.3) is 22.5 Å². The number of likely N-dealkylation sites (N-methyl/N-ethyl adjacent to an activating group) is 1. The van der Waals surface area contributed by atoms with Crippen molar-refractivity contribution in [2.75, 3.05) is 38.7 Å². The number of benzene rings is 3. The summed E-state index contributed by atoms with van der Waals surface area (Å²) in [5.41, 5.74) is 4.20. The topological polar surface area (TPSA) is 79.7 Å². The van der Waals surface area contributed by atoms with Crippen LogP contribution < -0.4 is 14.8 Å². The van der Waals surface area contributed by atoms with Gasteiger partial charge in [0.25, 0.3) is 0 Å². The summed E-state index contributed by atoms with van der Waals surface area (Å²) in [6.07, 6.45) is 0. The van der Waals surface area contributed by atoms with Crippen LogP contribution in [-0.4, -0.2) is 53.3 Å². The number of aromatic hydroxyl groups is 1. The second-order valence-electron chi connectivity index (χ2n) is 8.26. The Morgan fingerprint density at radius 2 is 1.33 bits per heavy atom. The van der Waals surface area contributed by atoms with Gasteiger partial charge >= 0.3 is 0 Å². The van der Waals surface area contributed by atoms with Crippen LogP contribution in [-0.2, 0) is 0 Å². The summed E-state index contributed by atoms with van der Waals surface area (Å²) in [6.45, 7) is 7.90. The second-order valence-corrected chi connectivity index (χ2v) is 8.26. The quantitative estimate of drug-likeness (QED) is 0.271. The third-order valence-electron chi connectivity index (χ3n) is 5.96. The monoisotopic (exact) mass is 484 g/mol. The Balaban J connectivity index is 1.56. The molecule has 0 aliphatic carbocycles. The Kier molecular flexibility index (Phi) is 8.36. The summed E-state index contributed by atoms with van der Waals surface area (Å²) in [5.74, 6) is 2.29. The number of methoxy groups -OCH3 is 1.